The molecule has 0 saturated carbocycles. The lowest BCUT2D eigenvalue weighted by atomic mass is 10.0. The Kier molecular flexibility index (Phi) is 4.93. The van der Waals surface area contributed by atoms with Gasteiger partial charge in [0.15, 0.2) is 0 Å². The van der Waals surface area contributed by atoms with Crippen molar-refractivity contribution in [3.8, 4) is 0 Å². The Balaban J connectivity index is 1.64. The second kappa shape index (κ2) is 7.10. The number of ether oxygens (including phenoxy) is 1. The summed E-state index contributed by atoms with van der Waals surface area (Å²) in [7, 11) is 0. The molecule has 2 amide bonds. The molecule has 2 unspecified atom stereocenters. The van der Waals surface area contributed by atoms with E-state index in [1.54, 1.807) is 4.90 Å². The summed E-state index contributed by atoms with van der Waals surface area (Å²) in [4.78, 5) is 26.7. The Morgan fingerprint density at radius 1 is 1.35 bits per heavy atom. The molecule has 23 heavy (non-hydrogen) atoms. The van der Waals surface area contributed by atoms with Gasteiger partial charge in [-0.2, -0.15) is 0 Å². The highest BCUT2D eigenvalue weighted by atomic mass is 16.5. The average Bonchev–Trinajstić information content (AvgIpc) is 2.58. The molecule has 3 rings (SSSR count). The van der Waals surface area contributed by atoms with Crippen LogP contribution in [0.2, 0.25) is 0 Å². The molecule has 0 radical (unpaired) electrons. The van der Waals surface area contributed by atoms with E-state index >= 15 is 0 Å². The highest BCUT2D eigenvalue weighted by Crippen LogP contribution is 2.21. The monoisotopic (exact) mass is 317 g/mol. The van der Waals surface area contributed by atoms with Gasteiger partial charge in [-0.05, 0) is 31.9 Å². The van der Waals surface area contributed by atoms with Gasteiger partial charge in [-0.3, -0.25) is 9.59 Å². The SMILES string of the molecule is Cc1ccc(N2CCCC(NC(=O)C3CNCCO3)C2=O)cc1. The number of rotatable bonds is 3. The van der Waals surface area contributed by atoms with Gasteiger partial charge >= 0.3 is 0 Å². The summed E-state index contributed by atoms with van der Waals surface area (Å²) in [5.41, 5.74) is 2.04. The van der Waals surface area contributed by atoms with E-state index < -0.39 is 12.1 Å². The van der Waals surface area contributed by atoms with Crippen LogP contribution in [0.4, 0.5) is 5.69 Å². The first-order valence-electron chi connectivity index (χ1n) is 8.16. The molecule has 2 aliphatic rings. The topological polar surface area (TPSA) is 70.7 Å². The molecule has 0 aromatic heterocycles. The largest absolute Gasteiger partial charge is 0.366 e. The predicted octanol–water partition coefficient (Wildman–Crippen LogP) is 0.595. The Hall–Kier alpha value is -1.92. The zero-order valence-corrected chi connectivity index (χ0v) is 13.4. The number of hydrogen-bond donors (Lipinski definition) is 2. The van der Waals surface area contributed by atoms with Crippen LogP contribution in [0.15, 0.2) is 24.3 Å². The number of morpholine rings is 1. The molecule has 2 aliphatic heterocycles. The van der Waals surface area contributed by atoms with Crippen LogP contribution < -0.4 is 15.5 Å². The number of benzene rings is 1. The molecule has 2 N–H and O–H groups in total. The van der Waals surface area contributed by atoms with Crippen LogP contribution in [-0.2, 0) is 14.3 Å². The van der Waals surface area contributed by atoms with E-state index in [0.717, 1.165) is 24.2 Å². The van der Waals surface area contributed by atoms with Crippen molar-refractivity contribution in [1.29, 1.82) is 0 Å². The number of carbonyl (C=O) groups is 2. The fourth-order valence-electron chi connectivity index (χ4n) is 2.99. The average molecular weight is 317 g/mol. The minimum atomic E-state index is -0.508. The summed E-state index contributed by atoms with van der Waals surface area (Å²) >= 11 is 0. The highest BCUT2D eigenvalue weighted by Gasteiger charge is 2.33. The van der Waals surface area contributed by atoms with E-state index in [0.29, 0.717) is 26.1 Å². The van der Waals surface area contributed by atoms with E-state index in [4.69, 9.17) is 4.74 Å². The van der Waals surface area contributed by atoms with Crippen LogP contribution in [0, 0.1) is 6.92 Å². The van der Waals surface area contributed by atoms with E-state index in [-0.39, 0.29) is 11.8 Å². The Morgan fingerprint density at radius 2 is 2.13 bits per heavy atom. The normalized spacial score (nSPS) is 25.3. The minimum Gasteiger partial charge on any atom is -0.366 e. The van der Waals surface area contributed by atoms with Crippen LogP contribution >= 0.6 is 0 Å². The van der Waals surface area contributed by atoms with Gasteiger partial charge in [0.2, 0.25) is 5.91 Å². The van der Waals surface area contributed by atoms with Gasteiger partial charge in [0.05, 0.1) is 6.61 Å². The molecule has 124 valence electrons. The molecule has 2 fully saturated rings. The van der Waals surface area contributed by atoms with Crippen molar-refractivity contribution in [2.45, 2.75) is 31.9 Å². The third-order valence-corrected chi connectivity index (χ3v) is 4.32. The zero-order valence-electron chi connectivity index (χ0n) is 13.4. The minimum absolute atomic E-state index is 0.0442. The molecule has 0 spiro atoms. The van der Waals surface area contributed by atoms with E-state index in [1.807, 2.05) is 31.2 Å². The fourth-order valence-corrected chi connectivity index (χ4v) is 2.99. The summed E-state index contributed by atoms with van der Waals surface area (Å²) in [5, 5.41) is 5.98. The van der Waals surface area contributed by atoms with Crippen molar-refractivity contribution < 1.29 is 14.3 Å². The van der Waals surface area contributed by atoms with E-state index in [1.165, 1.54) is 0 Å². The molecule has 1 aromatic rings. The van der Waals surface area contributed by atoms with Gasteiger partial charge in [0.1, 0.15) is 12.1 Å². The van der Waals surface area contributed by atoms with Crippen molar-refractivity contribution in [3.63, 3.8) is 0 Å². The number of nitrogens with one attached hydrogen (secondary N) is 2. The second-order valence-electron chi connectivity index (χ2n) is 6.09. The maximum atomic E-state index is 12.7. The van der Waals surface area contributed by atoms with Gasteiger partial charge in [-0.15, -0.1) is 0 Å². The molecule has 6 heteroatoms. The summed E-state index contributed by atoms with van der Waals surface area (Å²) in [6, 6.07) is 7.42. The molecule has 2 saturated heterocycles. The fraction of sp³-hybridized carbons (Fsp3) is 0.529. The summed E-state index contributed by atoms with van der Waals surface area (Å²) in [5.74, 6) is -0.251. The standard InChI is InChI=1S/C17H23N3O3/c1-12-4-6-13(7-5-12)20-9-2-3-14(17(20)22)19-16(21)15-11-18-8-10-23-15/h4-7,14-15,18H,2-3,8-11H2,1H3,(H,19,21). The Bertz CT molecular complexity index is 567. The van der Waals surface area contributed by atoms with Gasteiger partial charge in [0.25, 0.3) is 5.91 Å². The number of amides is 2. The number of hydrogen-bond acceptors (Lipinski definition) is 4. The van der Waals surface area contributed by atoms with Crippen molar-refractivity contribution in [1.82, 2.24) is 10.6 Å². The quantitative estimate of drug-likeness (QED) is 0.856. The Labute approximate surface area is 136 Å². The van der Waals surface area contributed by atoms with Crippen LogP contribution in [-0.4, -0.2) is 50.2 Å². The number of anilines is 1. The lowest BCUT2D eigenvalue weighted by Crippen LogP contribution is -2.56. The molecular weight excluding hydrogens is 294 g/mol. The smallest absolute Gasteiger partial charge is 0.251 e. The molecular formula is C17H23N3O3. The van der Waals surface area contributed by atoms with Crippen molar-refractivity contribution in [2.24, 2.45) is 0 Å². The van der Waals surface area contributed by atoms with Crippen LogP contribution in [0.1, 0.15) is 18.4 Å². The number of carbonyl (C=O) groups excluding carboxylic acids is 2. The maximum absolute atomic E-state index is 12.7. The zero-order chi connectivity index (χ0) is 16.2. The summed E-state index contributed by atoms with van der Waals surface area (Å²) in [6.07, 6.45) is 1.04. The maximum Gasteiger partial charge on any atom is 0.251 e. The van der Waals surface area contributed by atoms with Gasteiger partial charge in [0, 0.05) is 25.3 Å². The first-order valence-corrected chi connectivity index (χ1v) is 8.16. The second-order valence-corrected chi connectivity index (χ2v) is 6.09. The molecule has 0 aliphatic carbocycles. The third kappa shape index (κ3) is 3.71. The van der Waals surface area contributed by atoms with Gasteiger partial charge in [-0.25, -0.2) is 0 Å². The number of nitrogens with zero attached hydrogens (tertiary/aromatic N) is 1. The van der Waals surface area contributed by atoms with Crippen molar-refractivity contribution >= 4 is 17.5 Å². The summed E-state index contributed by atoms with van der Waals surface area (Å²) in [6.45, 7) is 4.48. The van der Waals surface area contributed by atoms with E-state index in [9.17, 15) is 9.59 Å². The Morgan fingerprint density at radius 3 is 2.83 bits per heavy atom. The third-order valence-electron chi connectivity index (χ3n) is 4.32. The first kappa shape index (κ1) is 16.0. The van der Waals surface area contributed by atoms with Gasteiger partial charge in [-0.1, -0.05) is 17.7 Å². The van der Waals surface area contributed by atoms with Gasteiger partial charge < -0.3 is 20.3 Å². The lowest BCUT2D eigenvalue weighted by Gasteiger charge is -2.33. The molecule has 2 atom stereocenters. The van der Waals surface area contributed by atoms with Crippen LogP contribution in [0.5, 0.6) is 0 Å². The van der Waals surface area contributed by atoms with E-state index in [2.05, 4.69) is 10.6 Å². The summed E-state index contributed by atoms with van der Waals surface area (Å²) < 4.78 is 5.44. The van der Waals surface area contributed by atoms with Crippen molar-refractivity contribution in [2.75, 3.05) is 31.1 Å². The molecule has 2 heterocycles. The highest BCUT2D eigenvalue weighted by molar-refractivity contribution is 6.00. The molecule has 0 bridgehead atoms. The number of aryl methyl sites for hydroxylation is 1. The molecule has 1 aromatic carbocycles. The lowest BCUT2D eigenvalue weighted by molar-refractivity contribution is -0.137. The molecule has 6 nitrogen and oxygen atoms in total. The van der Waals surface area contributed by atoms with Crippen LogP contribution in [0.3, 0.4) is 0 Å². The number of piperidine rings is 1. The predicted molar refractivity (Wildman–Crippen MR) is 87.3 cm³/mol. The van der Waals surface area contributed by atoms with Crippen LogP contribution in [0.25, 0.3) is 0 Å². The van der Waals surface area contributed by atoms with Crippen molar-refractivity contribution in [3.05, 3.63) is 29.8 Å². The first-order chi connectivity index (χ1) is 11.1.